The third-order valence-electron chi connectivity index (χ3n) is 2.87. The third-order valence-corrected chi connectivity index (χ3v) is 2.87. The Morgan fingerprint density at radius 3 is 2.59 bits per heavy atom. The molecule has 0 fully saturated rings. The van der Waals surface area contributed by atoms with E-state index >= 15 is 0 Å². The highest BCUT2D eigenvalue weighted by atomic mass is 16.6. The topological polar surface area (TPSA) is 74.7 Å². The molecular weight excluding hydrogens is 280 g/mol. The first-order valence-corrected chi connectivity index (χ1v) is 7.36. The molecule has 0 aliphatic rings. The van der Waals surface area contributed by atoms with Crippen LogP contribution in [0.2, 0.25) is 0 Å². The van der Waals surface area contributed by atoms with Crippen molar-refractivity contribution in [3.05, 3.63) is 46.9 Å². The van der Waals surface area contributed by atoms with Crippen LogP contribution < -0.4 is 0 Å². The second-order valence-corrected chi connectivity index (χ2v) is 4.63. The van der Waals surface area contributed by atoms with Crippen LogP contribution in [0.1, 0.15) is 45.4 Å². The van der Waals surface area contributed by atoms with Gasteiger partial charge in [-0.2, -0.15) is 5.26 Å². The molecule has 0 rings (SSSR count). The van der Waals surface area contributed by atoms with Crippen molar-refractivity contribution in [1.29, 1.82) is 5.26 Å². The summed E-state index contributed by atoms with van der Waals surface area (Å²) < 4.78 is 5.12. The summed E-state index contributed by atoms with van der Waals surface area (Å²) in [5.41, 5.74) is -0.126. The van der Waals surface area contributed by atoms with Crippen LogP contribution in [0.15, 0.2) is 35.4 Å². The Labute approximate surface area is 132 Å². The number of allylic oxidation sites excluding steroid dienone is 5. The van der Waals surface area contributed by atoms with Gasteiger partial charge in [0.25, 0.3) is 5.95 Å². The molecule has 0 aliphatic carbocycles. The van der Waals surface area contributed by atoms with Crippen LogP contribution in [0.4, 0.5) is 0 Å². The summed E-state index contributed by atoms with van der Waals surface area (Å²) in [6.07, 6.45) is 11.0. The molecule has 0 aromatic rings. The fourth-order valence-corrected chi connectivity index (χ4v) is 1.63. The molecule has 0 saturated carbocycles. The highest BCUT2D eigenvalue weighted by molar-refractivity contribution is 5.76. The molecule has 0 atom stereocenters. The van der Waals surface area contributed by atoms with Crippen molar-refractivity contribution < 1.29 is 14.6 Å². The number of hydrogen-bond acceptors (Lipinski definition) is 4. The Morgan fingerprint density at radius 1 is 1.32 bits per heavy atom. The van der Waals surface area contributed by atoms with E-state index in [1.807, 2.05) is 0 Å². The zero-order valence-corrected chi connectivity index (χ0v) is 12.9. The number of unbranched alkanes of at least 4 members (excludes halogenated alkanes) is 5. The fourth-order valence-electron chi connectivity index (χ4n) is 1.63. The molecule has 0 saturated heterocycles. The van der Waals surface area contributed by atoms with Crippen molar-refractivity contribution in [3.8, 4) is 6.07 Å². The lowest BCUT2D eigenvalue weighted by Gasteiger charge is -2.05. The van der Waals surface area contributed by atoms with E-state index in [0.717, 1.165) is 19.3 Å². The van der Waals surface area contributed by atoms with E-state index < -0.39 is 5.95 Å². The highest BCUT2D eigenvalue weighted by Crippen LogP contribution is 2.08. The molecule has 0 bridgehead atoms. The zero-order valence-electron chi connectivity index (χ0n) is 12.9. The number of aldehydes is 1. The molecule has 22 heavy (non-hydrogen) atoms. The second-order valence-electron chi connectivity index (χ2n) is 4.63. The molecule has 5 heteroatoms. The average Bonchev–Trinajstić information content (AvgIpc) is 2.54. The van der Waals surface area contributed by atoms with Gasteiger partial charge in [0.2, 0.25) is 5.70 Å². The van der Waals surface area contributed by atoms with Crippen LogP contribution in [0.3, 0.4) is 0 Å². The van der Waals surface area contributed by atoms with E-state index in [2.05, 4.69) is 11.8 Å². The van der Waals surface area contributed by atoms with Crippen molar-refractivity contribution in [3.63, 3.8) is 0 Å². The summed E-state index contributed by atoms with van der Waals surface area (Å²) in [6, 6.07) is 1.80. The summed E-state index contributed by atoms with van der Waals surface area (Å²) in [7, 11) is 0. The molecular formula is C17H22N2O3. The van der Waals surface area contributed by atoms with Crippen LogP contribution in [-0.2, 0) is 9.53 Å². The number of aliphatic hydroxyl groups is 1. The maximum absolute atomic E-state index is 10.4. The van der Waals surface area contributed by atoms with Gasteiger partial charge in [-0.05, 0) is 12.5 Å². The standard InChI is InChI=1S/C17H22N2O3/c1-3-4-5-6-7-8-12-22-17(21)15(13-18)10-9-11-16(14-20)19-2/h9-11,14,21H,3-8,12H2,1H3/b10-9?,16-11?,17-15-. The summed E-state index contributed by atoms with van der Waals surface area (Å²) in [5.74, 6) is -0.434. The number of carbonyl (C=O) groups is 1. The van der Waals surface area contributed by atoms with Crippen molar-refractivity contribution >= 4 is 6.29 Å². The smallest absolute Gasteiger partial charge is 0.295 e. The summed E-state index contributed by atoms with van der Waals surface area (Å²) >= 11 is 0. The highest BCUT2D eigenvalue weighted by Gasteiger charge is 2.03. The molecule has 0 amide bonds. The molecule has 0 aliphatic heterocycles. The first kappa shape index (κ1) is 19.5. The summed E-state index contributed by atoms with van der Waals surface area (Å²) in [6.45, 7) is 9.20. The lowest BCUT2D eigenvalue weighted by Crippen LogP contribution is -1.97. The lowest BCUT2D eigenvalue weighted by atomic mass is 10.1. The second kappa shape index (κ2) is 13.5. The lowest BCUT2D eigenvalue weighted by molar-refractivity contribution is -0.104. The zero-order chi connectivity index (χ0) is 16.6. The van der Waals surface area contributed by atoms with Gasteiger partial charge < -0.3 is 14.6 Å². The summed E-state index contributed by atoms with van der Waals surface area (Å²) in [4.78, 5) is 13.4. The minimum absolute atomic E-state index is 0.0440. The molecule has 5 nitrogen and oxygen atoms in total. The summed E-state index contributed by atoms with van der Waals surface area (Å²) in [5, 5.41) is 18.6. The molecule has 0 aromatic heterocycles. The van der Waals surface area contributed by atoms with Crippen LogP contribution in [0, 0.1) is 17.9 Å². The normalized spacial score (nSPS) is 12.4. The van der Waals surface area contributed by atoms with E-state index in [1.165, 1.54) is 37.5 Å². The molecule has 0 unspecified atom stereocenters. The van der Waals surface area contributed by atoms with Crippen molar-refractivity contribution in [2.45, 2.75) is 45.4 Å². The molecule has 0 radical (unpaired) electrons. The molecule has 0 aromatic carbocycles. The van der Waals surface area contributed by atoms with Crippen LogP contribution in [0.5, 0.6) is 0 Å². The van der Waals surface area contributed by atoms with Gasteiger partial charge in [0.15, 0.2) is 0 Å². The van der Waals surface area contributed by atoms with E-state index in [4.69, 9.17) is 16.6 Å². The van der Waals surface area contributed by atoms with Gasteiger partial charge in [0, 0.05) is 0 Å². The number of nitriles is 1. The van der Waals surface area contributed by atoms with E-state index in [0.29, 0.717) is 12.9 Å². The van der Waals surface area contributed by atoms with Gasteiger partial charge >= 0.3 is 0 Å². The van der Waals surface area contributed by atoms with Crippen molar-refractivity contribution in [2.75, 3.05) is 6.61 Å². The van der Waals surface area contributed by atoms with Crippen LogP contribution in [-0.4, -0.2) is 18.0 Å². The number of aliphatic hydroxyl groups excluding tert-OH is 1. The largest absolute Gasteiger partial charge is 0.480 e. The van der Waals surface area contributed by atoms with Crippen LogP contribution in [0.25, 0.3) is 4.85 Å². The number of rotatable bonds is 11. The number of carbonyl (C=O) groups excluding carboxylic acids is 1. The Hall–Kier alpha value is -2.53. The third kappa shape index (κ3) is 9.39. The van der Waals surface area contributed by atoms with Crippen molar-refractivity contribution in [2.24, 2.45) is 0 Å². The Balaban J connectivity index is 4.28. The molecule has 1 N–H and O–H groups in total. The quantitative estimate of drug-likeness (QED) is 0.118. The SMILES string of the molecule is [C-]#[N+]C(C=O)=CC=C/C(C#N)=C(\O)OCCCCCCCC. The Bertz CT molecular complexity index is 505. The van der Waals surface area contributed by atoms with Gasteiger partial charge in [0.05, 0.1) is 13.2 Å². The molecule has 0 spiro atoms. The monoisotopic (exact) mass is 302 g/mol. The number of nitrogens with zero attached hydrogens (tertiary/aromatic N) is 2. The number of hydrogen-bond donors (Lipinski definition) is 1. The molecule has 0 heterocycles. The van der Waals surface area contributed by atoms with E-state index in [-0.39, 0.29) is 11.3 Å². The van der Waals surface area contributed by atoms with Crippen molar-refractivity contribution in [1.82, 2.24) is 0 Å². The number of ether oxygens (including phenoxy) is 1. The first-order chi connectivity index (χ1) is 10.7. The predicted molar refractivity (Wildman–Crippen MR) is 84.5 cm³/mol. The minimum Gasteiger partial charge on any atom is -0.480 e. The fraction of sp³-hybridized carbons (Fsp3) is 0.471. The van der Waals surface area contributed by atoms with Gasteiger partial charge in [0.1, 0.15) is 17.9 Å². The molecule has 118 valence electrons. The Morgan fingerprint density at radius 2 is 2.00 bits per heavy atom. The first-order valence-electron chi connectivity index (χ1n) is 7.36. The van der Waals surface area contributed by atoms with Gasteiger partial charge in [-0.15, -0.1) is 0 Å². The average molecular weight is 302 g/mol. The maximum Gasteiger partial charge on any atom is 0.295 e. The minimum atomic E-state index is -0.434. The predicted octanol–water partition coefficient (Wildman–Crippen LogP) is 4.21. The van der Waals surface area contributed by atoms with Gasteiger partial charge in [-0.3, -0.25) is 0 Å². The van der Waals surface area contributed by atoms with E-state index in [9.17, 15) is 9.90 Å². The van der Waals surface area contributed by atoms with Gasteiger partial charge in [-0.25, -0.2) is 4.85 Å². The Kier molecular flexibility index (Phi) is 11.9. The van der Waals surface area contributed by atoms with Crippen LogP contribution >= 0.6 is 0 Å². The maximum atomic E-state index is 10.4. The van der Waals surface area contributed by atoms with E-state index in [1.54, 1.807) is 6.07 Å². The van der Waals surface area contributed by atoms with Gasteiger partial charge in [-0.1, -0.05) is 51.2 Å².